The zero-order valence-electron chi connectivity index (χ0n) is 8.52. The lowest BCUT2D eigenvalue weighted by molar-refractivity contribution is 0.499. The van der Waals surface area contributed by atoms with Crippen LogP contribution in [-0.2, 0) is 6.54 Å². The van der Waals surface area contributed by atoms with Gasteiger partial charge in [0.15, 0.2) is 0 Å². The Balaban J connectivity index is 1.80. The van der Waals surface area contributed by atoms with Crippen molar-refractivity contribution in [3.63, 3.8) is 0 Å². The molecular weight excluding hydrogens is 238 g/mol. The molecule has 2 rings (SSSR count). The zero-order valence-corrected chi connectivity index (χ0v) is 10.1. The lowest BCUT2D eigenvalue weighted by atomic mass is 10.1. The van der Waals surface area contributed by atoms with Crippen molar-refractivity contribution in [2.24, 2.45) is 5.41 Å². The molecule has 0 spiro atoms. The molecule has 1 aromatic rings. The van der Waals surface area contributed by atoms with Gasteiger partial charge in [-0.2, -0.15) is 0 Å². The molecule has 2 heteroatoms. The highest BCUT2D eigenvalue weighted by Gasteiger charge is 2.36. The van der Waals surface area contributed by atoms with Crippen LogP contribution in [0.4, 0.5) is 0 Å². The molecule has 0 saturated heterocycles. The molecule has 0 heterocycles. The topological polar surface area (TPSA) is 12.0 Å². The Morgan fingerprint density at radius 3 is 2.86 bits per heavy atom. The fourth-order valence-electron chi connectivity index (χ4n) is 1.55. The first kappa shape index (κ1) is 10.2. The number of nitrogens with one attached hydrogen (secondary N) is 1. The van der Waals surface area contributed by atoms with Gasteiger partial charge < -0.3 is 5.32 Å². The Hall–Kier alpha value is -0.340. The monoisotopic (exact) mass is 253 g/mol. The number of hydrogen-bond acceptors (Lipinski definition) is 1. The Labute approximate surface area is 94.0 Å². The number of rotatable bonds is 4. The van der Waals surface area contributed by atoms with Crippen LogP contribution in [-0.4, -0.2) is 6.54 Å². The molecule has 0 atom stereocenters. The SMILES string of the molecule is CC1(CNCc2cccc(Br)c2)CC1. The molecule has 0 amide bonds. The summed E-state index contributed by atoms with van der Waals surface area (Å²) in [6.45, 7) is 4.48. The van der Waals surface area contributed by atoms with Crippen LogP contribution in [0, 0.1) is 5.41 Å². The van der Waals surface area contributed by atoms with E-state index in [9.17, 15) is 0 Å². The molecule has 1 saturated carbocycles. The minimum absolute atomic E-state index is 0.603. The van der Waals surface area contributed by atoms with Gasteiger partial charge >= 0.3 is 0 Å². The van der Waals surface area contributed by atoms with E-state index in [2.05, 4.69) is 52.4 Å². The minimum atomic E-state index is 0.603. The Kier molecular flexibility index (Phi) is 2.93. The van der Waals surface area contributed by atoms with Crippen LogP contribution >= 0.6 is 15.9 Å². The largest absolute Gasteiger partial charge is 0.312 e. The van der Waals surface area contributed by atoms with Gasteiger partial charge in [-0.05, 0) is 36.0 Å². The van der Waals surface area contributed by atoms with Crippen LogP contribution in [0.25, 0.3) is 0 Å². The van der Waals surface area contributed by atoms with Crippen molar-refractivity contribution < 1.29 is 0 Å². The Bertz CT molecular complexity index is 318. The van der Waals surface area contributed by atoms with Gasteiger partial charge in [0.2, 0.25) is 0 Å². The molecule has 1 nitrogen and oxygen atoms in total. The van der Waals surface area contributed by atoms with E-state index in [1.165, 1.54) is 18.4 Å². The molecule has 0 radical (unpaired) electrons. The summed E-state index contributed by atoms with van der Waals surface area (Å²) >= 11 is 3.48. The second-order valence-electron chi connectivity index (χ2n) is 4.54. The van der Waals surface area contributed by atoms with Crippen LogP contribution in [0.15, 0.2) is 28.7 Å². The molecular formula is C12H16BrN. The van der Waals surface area contributed by atoms with Gasteiger partial charge in [-0.15, -0.1) is 0 Å². The highest BCUT2D eigenvalue weighted by atomic mass is 79.9. The van der Waals surface area contributed by atoms with E-state index in [1.807, 2.05) is 0 Å². The first-order chi connectivity index (χ1) is 6.68. The van der Waals surface area contributed by atoms with E-state index in [0.717, 1.165) is 17.6 Å². The summed E-state index contributed by atoms with van der Waals surface area (Å²) in [7, 11) is 0. The third-order valence-corrected chi connectivity index (χ3v) is 3.37. The third kappa shape index (κ3) is 2.82. The third-order valence-electron chi connectivity index (χ3n) is 2.87. The van der Waals surface area contributed by atoms with Gasteiger partial charge in [-0.3, -0.25) is 0 Å². The van der Waals surface area contributed by atoms with Crippen molar-refractivity contribution in [1.82, 2.24) is 5.32 Å². The first-order valence-electron chi connectivity index (χ1n) is 5.13. The van der Waals surface area contributed by atoms with Crippen LogP contribution in [0.1, 0.15) is 25.3 Å². The second kappa shape index (κ2) is 4.03. The van der Waals surface area contributed by atoms with Gasteiger partial charge in [0.1, 0.15) is 0 Å². The number of hydrogen-bond donors (Lipinski definition) is 1. The van der Waals surface area contributed by atoms with E-state index in [0.29, 0.717) is 5.41 Å². The fraction of sp³-hybridized carbons (Fsp3) is 0.500. The quantitative estimate of drug-likeness (QED) is 0.868. The second-order valence-corrected chi connectivity index (χ2v) is 5.46. The predicted molar refractivity (Wildman–Crippen MR) is 63.2 cm³/mol. The smallest absolute Gasteiger partial charge is 0.0206 e. The van der Waals surface area contributed by atoms with Crippen molar-refractivity contribution in [3.8, 4) is 0 Å². The standard InChI is InChI=1S/C12H16BrN/c1-12(5-6-12)9-14-8-10-3-2-4-11(13)7-10/h2-4,7,14H,5-6,8-9H2,1H3. The van der Waals surface area contributed by atoms with E-state index in [4.69, 9.17) is 0 Å². The van der Waals surface area contributed by atoms with Crippen LogP contribution in [0.3, 0.4) is 0 Å². The van der Waals surface area contributed by atoms with Crippen LogP contribution in [0.5, 0.6) is 0 Å². The first-order valence-corrected chi connectivity index (χ1v) is 5.92. The summed E-state index contributed by atoms with van der Waals surface area (Å²) in [6, 6.07) is 8.47. The Morgan fingerprint density at radius 1 is 1.43 bits per heavy atom. The normalized spacial score (nSPS) is 18.1. The van der Waals surface area contributed by atoms with Crippen molar-refractivity contribution >= 4 is 15.9 Å². The van der Waals surface area contributed by atoms with Crippen molar-refractivity contribution in [2.45, 2.75) is 26.3 Å². The van der Waals surface area contributed by atoms with E-state index >= 15 is 0 Å². The molecule has 0 bridgehead atoms. The number of benzene rings is 1. The molecule has 1 aliphatic rings. The van der Waals surface area contributed by atoms with Crippen LogP contribution in [0.2, 0.25) is 0 Å². The Morgan fingerprint density at radius 2 is 2.21 bits per heavy atom. The molecule has 0 aliphatic heterocycles. The lowest BCUT2D eigenvalue weighted by Gasteiger charge is -2.09. The van der Waals surface area contributed by atoms with E-state index in [-0.39, 0.29) is 0 Å². The van der Waals surface area contributed by atoms with Crippen molar-refractivity contribution in [1.29, 1.82) is 0 Å². The highest BCUT2D eigenvalue weighted by molar-refractivity contribution is 9.10. The zero-order chi connectivity index (χ0) is 10.0. The summed E-state index contributed by atoms with van der Waals surface area (Å²) in [5.74, 6) is 0. The maximum absolute atomic E-state index is 3.51. The van der Waals surface area contributed by atoms with E-state index < -0.39 is 0 Å². The molecule has 1 aliphatic carbocycles. The van der Waals surface area contributed by atoms with Gasteiger partial charge in [-0.25, -0.2) is 0 Å². The van der Waals surface area contributed by atoms with Crippen LogP contribution < -0.4 is 5.32 Å². The summed E-state index contributed by atoms with van der Waals surface area (Å²) in [5, 5.41) is 3.51. The van der Waals surface area contributed by atoms with E-state index in [1.54, 1.807) is 0 Å². The van der Waals surface area contributed by atoms with Gasteiger partial charge in [0.25, 0.3) is 0 Å². The molecule has 1 N–H and O–H groups in total. The summed E-state index contributed by atoms with van der Waals surface area (Å²) in [4.78, 5) is 0. The van der Waals surface area contributed by atoms with Gasteiger partial charge in [0, 0.05) is 17.6 Å². The minimum Gasteiger partial charge on any atom is -0.312 e. The molecule has 0 aromatic heterocycles. The molecule has 0 unspecified atom stereocenters. The molecule has 1 fully saturated rings. The maximum Gasteiger partial charge on any atom is 0.0206 e. The fourth-order valence-corrected chi connectivity index (χ4v) is 1.99. The predicted octanol–water partition coefficient (Wildman–Crippen LogP) is 3.34. The summed E-state index contributed by atoms with van der Waals surface area (Å²) in [5.41, 5.74) is 1.95. The lowest BCUT2D eigenvalue weighted by Crippen LogP contribution is -2.21. The summed E-state index contributed by atoms with van der Waals surface area (Å²) in [6.07, 6.45) is 2.77. The molecule has 1 aromatic carbocycles. The van der Waals surface area contributed by atoms with Gasteiger partial charge in [0.05, 0.1) is 0 Å². The maximum atomic E-state index is 3.51. The molecule has 76 valence electrons. The summed E-state index contributed by atoms with van der Waals surface area (Å²) < 4.78 is 1.16. The average Bonchev–Trinajstić information content (AvgIpc) is 2.84. The highest BCUT2D eigenvalue weighted by Crippen LogP contribution is 2.44. The van der Waals surface area contributed by atoms with Crippen molar-refractivity contribution in [2.75, 3.05) is 6.54 Å². The number of halogens is 1. The average molecular weight is 254 g/mol. The van der Waals surface area contributed by atoms with Gasteiger partial charge in [-0.1, -0.05) is 35.0 Å². The van der Waals surface area contributed by atoms with Crippen molar-refractivity contribution in [3.05, 3.63) is 34.3 Å². The molecule has 14 heavy (non-hydrogen) atoms.